The minimum atomic E-state index is -2.74. The molecular formula is C59H41BN4SSi. The fraction of sp³-hybridized carbons (Fsp3) is 0.0339. The summed E-state index contributed by atoms with van der Waals surface area (Å²) in [5.74, 6) is 2.03. The van der Waals surface area contributed by atoms with Gasteiger partial charge in [-0.2, -0.15) is 0 Å². The van der Waals surface area contributed by atoms with Gasteiger partial charge >= 0.3 is 0 Å². The van der Waals surface area contributed by atoms with Crippen LogP contribution in [-0.4, -0.2) is 29.7 Å². The maximum absolute atomic E-state index is 5.13. The van der Waals surface area contributed by atoms with Gasteiger partial charge in [0.15, 0.2) is 25.5 Å². The molecule has 0 amide bonds. The molecule has 0 radical (unpaired) electrons. The van der Waals surface area contributed by atoms with Gasteiger partial charge in [0.1, 0.15) is 0 Å². The summed E-state index contributed by atoms with van der Waals surface area (Å²) in [7, 11) is -2.74. The van der Waals surface area contributed by atoms with Crippen molar-refractivity contribution in [3.63, 3.8) is 0 Å². The topological polar surface area (TPSA) is 41.9 Å². The van der Waals surface area contributed by atoms with Gasteiger partial charge in [0.2, 0.25) is 6.71 Å². The van der Waals surface area contributed by atoms with Gasteiger partial charge < -0.3 is 4.90 Å². The summed E-state index contributed by atoms with van der Waals surface area (Å²) < 4.78 is 0. The molecule has 0 aliphatic carbocycles. The minimum absolute atomic E-state index is 0.100. The molecule has 0 fully saturated rings. The van der Waals surface area contributed by atoms with E-state index in [0.717, 1.165) is 29.5 Å². The molecule has 0 N–H and O–H groups in total. The van der Waals surface area contributed by atoms with Crippen molar-refractivity contribution in [3.8, 4) is 34.2 Å². The SMILES string of the molecule is c1ccc(-c2nc(-c3ccccc3)nc(-c3ccc4c(c3)CCc3cc(N5c6ccccc6[Si](c6ccccc6)(c6ccccc6)c6ccccc65)cc5c3B4c3ccccc3S5)n2)cc1. The van der Waals surface area contributed by atoms with Gasteiger partial charge in [-0.1, -0.05) is 222 Å². The Morgan fingerprint density at radius 2 is 0.909 bits per heavy atom. The largest absolute Gasteiger partial charge is 0.311 e. The Labute approximate surface area is 390 Å². The van der Waals surface area contributed by atoms with Gasteiger partial charge in [-0.25, -0.2) is 15.0 Å². The molecule has 0 bridgehead atoms. The average molecular weight is 877 g/mol. The quantitative estimate of drug-likeness (QED) is 0.156. The van der Waals surface area contributed by atoms with E-state index in [1.165, 1.54) is 75.1 Å². The van der Waals surface area contributed by atoms with Crippen LogP contribution in [0.3, 0.4) is 0 Å². The van der Waals surface area contributed by atoms with Crippen LogP contribution in [0.4, 0.5) is 17.1 Å². The van der Waals surface area contributed by atoms with Crippen LogP contribution in [0.15, 0.2) is 234 Å². The second kappa shape index (κ2) is 15.8. The summed E-state index contributed by atoms with van der Waals surface area (Å²) >= 11 is 1.92. The van der Waals surface area contributed by atoms with E-state index in [4.69, 9.17) is 15.0 Å². The lowest BCUT2D eigenvalue weighted by Gasteiger charge is -2.45. The zero-order valence-corrected chi connectivity index (χ0v) is 37.9. The van der Waals surface area contributed by atoms with Crippen LogP contribution >= 0.6 is 11.8 Å². The molecule has 0 spiro atoms. The standard InChI is InChI=1S/C59H41BN4SSi/c1-5-19-40(20-6-1)57-61-58(41-21-7-2-8-22-41)63-59(62-57)44-35-36-48-42(37-44)33-34-43-38-45(39-53-56(43)60(48)49-27-13-16-30-52(49)65-53)64-50-28-14-17-31-54(50)66(46-23-9-3-10-24-46,47-25-11-4-12-26-47)55-32-18-15-29-51(55)64/h1-32,35-39H,33-34H2. The number of aryl methyl sites for hydroxylation is 2. The number of anilines is 3. The molecule has 9 aromatic carbocycles. The number of hydrogen-bond acceptors (Lipinski definition) is 5. The third-order valence-electron chi connectivity index (χ3n) is 13.8. The molecule has 10 aromatic rings. The number of aromatic nitrogens is 3. The number of nitrogens with zero attached hydrogens (tertiary/aromatic N) is 4. The normalized spacial score (nSPS) is 13.9. The Bertz CT molecular complexity index is 3330. The summed E-state index contributed by atoms with van der Waals surface area (Å²) in [5.41, 5.74) is 13.5. The van der Waals surface area contributed by atoms with Gasteiger partial charge in [-0.05, 0) is 75.6 Å². The summed E-state index contributed by atoms with van der Waals surface area (Å²) in [6, 6.07) is 82.5. The van der Waals surface area contributed by atoms with E-state index in [1.807, 2.05) is 48.2 Å². The molecule has 310 valence electrons. The first-order chi connectivity index (χ1) is 32.7. The van der Waals surface area contributed by atoms with Crippen LogP contribution in [-0.2, 0) is 12.8 Å². The van der Waals surface area contributed by atoms with Crippen LogP contribution in [0.1, 0.15) is 11.1 Å². The van der Waals surface area contributed by atoms with E-state index in [2.05, 4.69) is 193 Å². The highest BCUT2D eigenvalue weighted by Crippen LogP contribution is 2.42. The first-order valence-electron chi connectivity index (χ1n) is 22.8. The summed E-state index contributed by atoms with van der Waals surface area (Å²) in [6.07, 6.45) is 1.81. The van der Waals surface area contributed by atoms with Crippen LogP contribution in [0.5, 0.6) is 0 Å². The van der Waals surface area contributed by atoms with E-state index < -0.39 is 8.07 Å². The predicted molar refractivity (Wildman–Crippen MR) is 277 cm³/mol. The number of benzene rings is 9. The monoisotopic (exact) mass is 876 g/mol. The highest BCUT2D eigenvalue weighted by Gasteiger charge is 2.49. The smallest absolute Gasteiger partial charge is 0.244 e. The number of fused-ring (bicyclic) bond motifs is 6. The van der Waals surface area contributed by atoms with Crippen molar-refractivity contribution in [1.29, 1.82) is 0 Å². The average Bonchev–Trinajstić information content (AvgIpc) is 3.56. The second-order valence-electron chi connectivity index (χ2n) is 17.4. The first-order valence-corrected chi connectivity index (χ1v) is 25.6. The maximum atomic E-state index is 5.13. The molecular weight excluding hydrogens is 836 g/mol. The van der Waals surface area contributed by atoms with Gasteiger partial charge in [0, 0.05) is 43.5 Å². The lowest BCUT2D eigenvalue weighted by atomic mass is 9.35. The molecule has 3 aliphatic heterocycles. The third kappa shape index (κ3) is 6.18. The zero-order chi connectivity index (χ0) is 43.6. The van der Waals surface area contributed by atoms with Crippen molar-refractivity contribution in [1.82, 2.24) is 15.0 Å². The molecule has 1 aromatic heterocycles. The van der Waals surface area contributed by atoms with E-state index in [-0.39, 0.29) is 6.71 Å². The molecule has 4 heterocycles. The van der Waals surface area contributed by atoms with E-state index >= 15 is 0 Å². The van der Waals surface area contributed by atoms with E-state index in [0.29, 0.717) is 17.5 Å². The third-order valence-corrected chi connectivity index (χ3v) is 19.8. The molecule has 0 unspecified atom stereocenters. The van der Waals surface area contributed by atoms with Crippen LogP contribution in [0.2, 0.25) is 0 Å². The number of rotatable bonds is 6. The number of hydrogen-bond donors (Lipinski definition) is 0. The summed E-state index contributed by atoms with van der Waals surface area (Å²) in [5, 5.41) is 5.60. The van der Waals surface area contributed by atoms with E-state index in [9.17, 15) is 0 Å². The van der Waals surface area contributed by atoms with Crippen molar-refractivity contribution in [2.24, 2.45) is 0 Å². The van der Waals surface area contributed by atoms with Crippen LogP contribution < -0.4 is 42.0 Å². The zero-order valence-electron chi connectivity index (χ0n) is 36.1. The molecule has 7 heteroatoms. The Morgan fingerprint density at radius 3 is 1.52 bits per heavy atom. The highest BCUT2D eigenvalue weighted by molar-refractivity contribution is 8.00. The molecule has 66 heavy (non-hydrogen) atoms. The Kier molecular flexibility index (Phi) is 9.32. The van der Waals surface area contributed by atoms with Crippen molar-refractivity contribution < 1.29 is 0 Å². The fourth-order valence-electron chi connectivity index (χ4n) is 11.0. The van der Waals surface area contributed by atoms with Crippen molar-refractivity contribution in [3.05, 3.63) is 236 Å². The molecule has 13 rings (SSSR count). The molecule has 0 saturated carbocycles. The van der Waals surface area contributed by atoms with Crippen molar-refractivity contribution >= 4 is 80.7 Å². The lowest BCUT2D eigenvalue weighted by Crippen LogP contribution is -2.77. The van der Waals surface area contributed by atoms with Crippen LogP contribution in [0, 0.1) is 0 Å². The first kappa shape index (κ1) is 38.8. The Hall–Kier alpha value is -7.58. The number of para-hydroxylation sites is 2. The van der Waals surface area contributed by atoms with Crippen LogP contribution in [0.25, 0.3) is 34.2 Å². The Morgan fingerprint density at radius 1 is 0.409 bits per heavy atom. The molecule has 0 saturated heterocycles. The van der Waals surface area contributed by atoms with Gasteiger partial charge in [-0.3, -0.25) is 0 Å². The fourth-order valence-corrected chi connectivity index (χ4v) is 17.3. The highest BCUT2D eigenvalue weighted by atomic mass is 32.2. The minimum Gasteiger partial charge on any atom is -0.311 e. The van der Waals surface area contributed by atoms with Gasteiger partial charge in [0.25, 0.3) is 0 Å². The van der Waals surface area contributed by atoms with Gasteiger partial charge in [0.05, 0.1) is 0 Å². The lowest BCUT2D eigenvalue weighted by molar-refractivity contribution is 0.972. The predicted octanol–water partition coefficient (Wildman–Crippen LogP) is 9.11. The molecule has 0 atom stereocenters. The summed E-state index contributed by atoms with van der Waals surface area (Å²) in [6.45, 7) is 0.100. The van der Waals surface area contributed by atoms with E-state index in [1.54, 1.807) is 0 Å². The summed E-state index contributed by atoms with van der Waals surface area (Å²) in [4.78, 5) is 20.5. The second-order valence-corrected chi connectivity index (χ2v) is 22.2. The van der Waals surface area contributed by atoms with Crippen molar-refractivity contribution in [2.45, 2.75) is 22.6 Å². The Balaban J connectivity index is 0.972. The molecule has 4 nitrogen and oxygen atoms in total. The van der Waals surface area contributed by atoms with Gasteiger partial charge in [-0.15, -0.1) is 0 Å². The molecule has 3 aliphatic rings. The maximum Gasteiger partial charge on any atom is 0.244 e. The van der Waals surface area contributed by atoms with Crippen molar-refractivity contribution in [2.75, 3.05) is 4.90 Å².